The lowest BCUT2D eigenvalue weighted by Crippen LogP contribution is -2.42. The Morgan fingerprint density at radius 1 is 1.12 bits per heavy atom. The van der Waals surface area contributed by atoms with Crippen LogP contribution < -0.4 is 15.6 Å². The molecule has 4 aromatic rings. The summed E-state index contributed by atoms with van der Waals surface area (Å²) < 4.78 is 32.2. The Bertz CT molecular complexity index is 1870. The van der Waals surface area contributed by atoms with E-state index in [2.05, 4.69) is 27.1 Å². The Balaban J connectivity index is 1.50. The van der Waals surface area contributed by atoms with E-state index in [0.29, 0.717) is 64.2 Å². The molecule has 0 amide bonds. The van der Waals surface area contributed by atoms with Crippen LogP contribution in [-0.4, -0.2) is 70.3 Å². The Morgan fingerprint density at radius 3 is 2.67 bits per heavy atom. The Kier molecular flexibility index (Phi) is 6.05. The van der Waals surface area contributed by atoms with E-state index in [1.54, 1.807) is 32.6 Å². The van der Waals surface area contributed by atoms with E-state index in [-0.39, 0.29) is 16.5 Å². The van der Waals surface area contributed by atoms with Gasteiger partial charge in [-0.2, -0.15) is 0 Å². The molecule has 5 heterocycles. The second-order valence-corrected chi connectivity index (χ2v) is 11.6. The van der Waals surface area contributed by atoms with E-state index in [0.717, 1.165) is 31.6 Å². The van der Waals surface area contributed by atoms with E-state index in [1.807, 2.05) is 0 Å². The number of fused-ring (bicyclic) bond motifs is 5. The molecule has 0 saturated carbocycles. The molecular formula is C31H30F2N6O3. The molecule has 11 heteroatoms. The number of aromatic carboxylic acids is 1. The first-order valence-electron chi connectivity index (χ1n) is 14.1. The molecule has 2 saturated heterocycles. The number of likely N-dealkylation sites (tertiary alicyclic amines) is 1. The molecule has 216 valence electrons. The number of piperidine rings is 1. The van der Waals surface area contributed by atoms with Crippen molar-refractivity contribution in [1.29, 1.82) is 0 Å². The lowest BCUT2D eigenvalue weighted by Gasteiger charge is -2.33. The van der Waals surface area contributed by atoms with E-state index in [4.69, 9.17) is 4.98 Å². The lowest BCUT2D eigenvalue weighted by molar-refractivity contribution is 0.0695. The summed E-state index contributed by atoms with van der Waals surface area (Å²) in [6.07, 6.45) is 7.14. The van der Waals surface area contributed by atoms with Gasteiger partial charge in [-0.3, -0.25) is 9.78 Å². The zero-order chi connectivity index (χ0) is 29.4. The maximum absolute atomic E-state index is 15.7. The molecule has 3 aliphatic rings. The van der Waals surface area contributed by atoms with Gasteiger partial charge in [0.2, 0.25) is 5.43 Å². The first-order valence-corrected chi connectivity index (χ1v) is 14.1. The summed E-state index contributed by atoms with van der Waals surface area (Å²) in [6.45, 7) is 2.46. The Labute approximate surface area is 240 Å². The zero-order valence-electron chi connectivity index (χ0n) is 23.5. The normalized spacial score (nSPS) is 19.6. The SMILES string of the molecule is CNc1cc(F)c(F)c2c1Cc1ncc(-c3cnc4c(c3)c(=O)c(C(=O)O)cn4C)c(N3CC4CCCN(C)C4C3)c1-2. The summed E-state index contributed by atoms with van der Waals surface area (Å²) in [6, 6.07) is 3.14. The van der Waals surface area contributed by atoms with Crippen LogP contribution in [0.25, 0.3) is 33.3 Å². The molecule has 1 aromatic carbocycles. The minimum atomic E-state index is -1.32. The van der Waals surface area contributed by atoms with Gasteiger partial charge in [0, 0.05) is 92.2 Å². The molecule has 42 heavy (non-hydrogen) atoms. The van der Waals surface area contributed by atoms with Crippen molar-refractivity contribution in [2.45, 2.75) is 25.3 Å². The number of benzene rings is 1. The van der Waals surface area contributed by atoms with E-state index in [9.17, 15) is 19.1 Å². The van der Waals surface area contributed by atoms with Crippen molar-refractivity contribution >= 4 is 28.4 Å². The fourth-order valence-electron chi connectivity index (χ4n) is 7.23. The van der Waals surface area contributed by atoms with Crippen LogP contribution in [-0.2, 0) is 13.5 Å². The Hall–Kier alpha value is -4.38. The molecule has 2 atom stereocenters. The third kappa shape index (κ3) is 3.83. The van der Waals surface area contributed by atoms with Crippen LogP contribution in [0.1, 0.15) is 34.5 Å². The molecule has 3 aromatic heterocycles. The summed E-state index contributed by atoms with van der Waals surface area (Å²) in [5.41, 5.74) is 3.87. The van der Waals surface area contributed by atoms with Crippen molar-refractivity contribution in [3.05, 3.63) is 69.4 Å². The zero-order valence-corrected chi connectivity index (χ0v) is 23.5. The molecule has 0 spiro atoms. The highest BCUT2D eigenvalue weighted by Gasteiger charge is 2.41. The molecule has 1 aliphatic carbocycles. The van der Waals surface area contributed by atoms with Crippen LogP contribution in [0.2, 0.25) is 0 Å². The third-order valence-electron chi connectivity index (χ3n) is 9.25. The average Bonchev–Trinajstić information content (AvgIpc) is 3.59. The number of pyridine rings is 3. The van der Waals surface area contributed by atoms with Crippen LogP contribution in [0, 0.1) is 17.6 Å². The summed E-state index contributed by atoms with van der Waals surface area (Å²) in [5, 5.41) is 12.8. The van der Waals surface area contributed by atoms with Gasteiger partial charge in [0.15, 0.2) is 11.6 Å². The number of carboxylic acids is 1. The fraction of sp³-hybridized carbons (Fsp3) is 0.355. The van der Waals surface area contributed by atoms with E-state index in [1.165, 1.54) is 16.8 Å². The number of carboxylic acid groups (broad SMARTS) is 1. The number of aromatic nitrogens is 3. The van der Waals surface area contributed by atoms with E-state index < -0.39 is 23.0 Å². The highest BCUT2D eigenvalue weighted by atomic mass is 19.2. The van der Waals surface area contributed by atoms with Gasteiger partial charge >= 0.3 is 5.97 Å². The van der Waals surface area contributed by atoms with E-state index >= 15 is 4.39 Å². The third-order valence-corrected chi connectivity index (χ3v) is 9.25. The summed E-state index contributed by atoms with van der Waals surface area (Å²) in [4.78, 5) is 38.9. The van der Waals surface area contributed by atoms with Crippen molar-refractivity contribution in [2.75, 3.05) is 43.9 Å². The van der Waals surface area contributed by atoms with Gasteiger partial charge in [-0.25, -0.2) is 18.6 Å². The second-order valence-electron chi connectivity index (χ2n) is 11.6. The second kappa shape index (κ2) is 9.59. The van der Waals surface area contributed by atoms with Crippen molar-refractivity contribution in [2.24, 2.45) is 13.0 Å². The average molecular weight is 573 g/mol. The maximum atomic E-state index is 15.7. The molecule has 2 aliphatic heterocycles. The monoisotopic (exact) mass is 572 g/mol. The highest BCUT2D eigenvalue weighted by molar-refractivity contribution is 5.98. The van der Waals surface area contributed by atoms with Gasteiger partial charge in [0.25, 0.3) is 0 Å². The van der Waals surface area contributed by atoms with Crippen molar-refractivity contribution in [1.82, 2.24) is 19.4 Å². The van der Waals surface area contributed by atoms with Gasteiger partial charge in [-0.15, -0.1) is 0 Å². The molecule has 2 N–H and O–H groups in total. The number of aryl methyl sites for hydroxylation is 1. The lowest BCUT2D eigenvalue weighted by atomic mass is 9.93. The van der Waals surface area contributed by atoms with Crippen molar-refractivity contribution in [3.63, 3.8) is 0 Å². The number of nitrogens with zero attached hydrogens (tertiary/aromatic N) is 5. The van der Waals surface area contributed by atoms with Crippen molar-refractivity contribution < 1.29 is 18.7 Å². The molecule has 0 bridgehead atoms. The number of nitrogens with one attached hydrogen (secondary N) is 1. The fourth-order valence-corrected chi connectivity index (χ4v) is 7.23. The maximum Gasteiger partial charge on any atom is 0.341 e. The molecule has 9 nitrogen and oxygen atoms in total. The first-order chi connectivity index (χ1) is 20.2. The molecule has 0 radical (unpaired) electrons. The van der Waals surface area contributed by atoms with Gasteiger partial charge in [-0.05, 0) is 44.0 Å². The minimum absolute atomic E-state index is 0.159. The largest absolute Gasteiger partial charge is 0.477 e. The quantitative estimate of drug-likeness (QED) is 0.332. The van der Waals surface area contributed by atoms with Gasteiger partial charge in [-0.1, -0.05) is 0 Å². The standard InChI is InChI=1S/C31H30F2N6O3/c1-34-22-9-21(32)27(33)25-17(22)8-23-26(25)28(39-12-15-5-4-6-37(2)24(15)14-39)19(11-35-23)16-7-18-29(40)20(31(41)42)13-38(3)30(18)36-10-16/h7,9-11,13,15,24,34H,4-6,8,12,14H2,1-3H3,(H,41,42). The molecular weight excluding hydrogens is 542 g/mol. The first kappa shape index (κ1) is 26.5. The Morgan fingerprint density at radius 2 is 1.93 bits per heavy atom. The van der Waals surface area contributed by atoms with Crippen molar-refractivity contribution in [3.8, 4) is 22.3 Å². The van der Waals surface area contributed by atoms with Crippen LogP contribution in [0.3, 0.4) is 0 Å². The predicted molar refractivity (Wildman–Crippen MR) is 156 cm³/mol. The predicted octanol–water partition coefficient (Wildman–Crippen LogP) is 4.12. The van der Waals surface area contributed by atoms with Crippen LogP contribution in [0.4, 0.5) is 20.2 Å². The van der Waals surface area contributed by atoms with Gasteiger partial charge in [0.05, 0.1) is 16.8 Å². The number of hydrogen-bond acceptors (Lipinski definition) is 7. The molecule has 7 rings (SSSR count). The van der Waals surface area contributed by atoms with Crippen LogP contribution >= 0.6 is 0 Å². The molecule has 2 unspecified atom stereocenters. The summed E-state index contributed by atoms with van der Waals surface area (Å²) >= 11 is 0. The van der Waals surface area contributed by atoms with Crippen LogP contribution in [0.5, 0.6) is 0 Å². The summed E-state index contributed by atoms with van der Waals surface area (Å²) in [7, 11) is 5.45. The number of halogens is 2. The highest BCUT2D eigenvalue weighted by Crippen LogP contribution is 2.51. The number of carbonyl (C=O) groups is 1. The molecule has 2 fully saturated rings. The van der Waals surface area contributed by atoms with Gasteiger partial charge in [0.1, 0.15) is 11.2 Å². The number of hydrogen-bond donors (Lipinski definition) is 2. The topological polar surface area (TPSA) is 104 Å². The van der Waals surface area contributed by atoms with Gasteiger partial charge < -0.3 is 24.8 Å². The summed E-state index contributed by atoms with van der Waals surface area (Å²) in [5.74, 6) is -2.74. The van der Waals surface area contributed by atoms with Crippen LogP contribution in [0.15, 0.2) is 35.5 Å². The number of likely N-dealkylation sites (N-methyl/N-ethyl adjacent to an activating group) is 1. The smallest absolute Gasteiger partial charge is 0.341 e. The minimum Gasteiger partial charge on any atom is -0.477 e. The number of anilines is 2. The number of rotatable bonds is 4.